The van der Waals surface area contributed by atoms with E-state index in [2.05, 4.69) is 5.32 Å². The highest BCUT2D eigenvalue weighted by Gasteiger charge is 2.43. The molecule has 0 unspecified atom stereocenters. The van der Waals surface area contributed by atoms with E-state index in [1.807, 2.05) is 30.3 Å². The predicted molar refractivity (Wildman–Crippen MR) is 88.3 cm³/mol. The molecule has 5 nitrogen and oxygen atoms in total. The smallest absolute Gasteiger partial charge is 0.243 e. The number of amides is 2. The van der Waals surface area contributed by atoms with Gasteiger partial charge in [0.05, 0.1) is 12.6 Å². The first-order chi connectivity index (χ1) is 11.6. The van der Waals surface area contributed by atoms with Gasteiger partial charge in [-0.25, -0.2) is 0 Å². The van der Waals surface area contributed by atoms with E-state index in [-0.39, 0.29) is 30.2 Å². The molecule has 24 heavy (non-hydrogen) atoms. The molecule has 122 valence electrons. The summed E-state index contributed by atoms with van der Waals surface area (Å²) in [5.41, 5.74) is 3.13. The molecule has 5 heteroatoms. The second kappa shape index (κ2) is 5.67. The number of carbonyl (C=O) groups is 2. The van der Waals surface area contributed by atoms with Crippen LogP contribution in [0.1, 0.15) is 22.7 Å². The van der Waals surface area contributed by atoms with Gasteiger partial charge in [-0.15, -0.1) is 0 Å². The van der Waals surface area contributed by atoms with Crippen LogP contribution in [0.15, 0.2) is 48.5 Å². The summed E-state index contributed by atoms with van der Waals surface area (Å²) in [6, 6.07) is 14.4. The molecule has 2 aliphatic heterocycles. The van der Waals surface area contributed by atoms with Crippen molar-refractivity contribution in [3.8, 4) is 5.75 Å². The van der Waals surface area contributed by atoms with Gasteiger partial charge in [0.15, 0.2) is 0 Å². The molecule has 0 aliphatic carbocycles. The molecule has 2 aromatic rings. The van der Waals surface area contributed by atoms with Crippen LogP contribution in [0.3, 0.4) is 0 Å². The molecule has 2 N–H and O–H groups in total. The maximum atomic E-state index is 12.5. The second-order valence-electron chi connectivity index (χ2n) is 6.33. The van der Waals surface area contributed by atoms with Crippen LogP contribution in [0.2, 0.25) is 0 Å². The van der Waals surface area contributed by atoms with Gasteiger partial charge in [-0.05, 0) is 35.2 Å². The number of carbonyl (C=O) groups excluding carboxylic acids is 2. The highest BCUT2D eigenvalue weighted by Crippen LogP contribution is 2.37. The van der Waals surface area contributed by atoms with Crippen molar-refractivity contribution in [3.63, 3.8) is 0 Å². The first-order valence-electron chi connectivity index (χ1n) is 8.08. The number of hydrogen-bond acceptors (Lipinski definition) is 3. The van der Waals surface area contributed by atoms with E-state index in [1.165, 1.54) is 0 Å². The Balaban J connectivity index is 1.78. The average Bonchev–Trinajstić information content (AvgIpc) is 2.58. The van der Waals surface area contributed by atoms with Crippen molar-refractivity contribution in [3.05, 3.63) is 65.2 Å². The Morgan fingerprint density at radius 2 is 1.96 bits per heavy atom. The fourth-order valence-corrected chi connectivity index (χ4v) is 3.77. The van der Waals surface area contributed by atoms with E-state index in [4.69, 9.17) is 0 Å². The standard InChI is InChI=1S/C19H18N2O3/c22-14-6-3-4-12(8-14)9-16-15-7-2-1-5-13(15)10-17-19(24)20-11-18(23)21(16)17/h1-8,16-17,22H,9-11H2,(H,20,24)/t16-,17+/m1/s1. The Hall–Kier alpha value is -2.82. The van der Waals surface area contributed by atoms with Crippen LogP contribution in [0, 0.1) is 0 Å². The molecule has 0 bridgehead atoms. The van der Waals surface area contributed by atoms with Gasteiger partial charge in [-0.2, -0.15) is 0 Å². The van der Waals surface area contributed by atoms with E-state index in [1.54, 1.807) is 23.1 Å². The van der Waals surface area contributed by atoms with Crippen LogP contribution >= 0.6 is 0 Å². The first-order valence-corrected chi connectivity index (χ1v) is 8.08. The SMILES string of the molecule is O=C1NCC(=O)N2[C@H](Cc3cccc(O)c3)c3ccccc3C[C@@H]12. The van der Waals surface area contributed by atoms with E-state index in [0.717, 1.165) is 16.7 Å². The van der Waals surface area contributed by atoms with Gasteiger partial charge >= 0.3 is 0 Å². The summed E-state index contributed by atoms with van der Waals surface area (Å²) in [5, 5.41) is 12.4. The first kappa shape index (κ1) is 14.8. The summed E-state index contributed by atoms with van der Waals surface area (Å²) in [7, 11) is 0. The second-order valence-corrected chi connectivity index (χ2v) is 6.33. The number of nitrogens with zero attached hydrogens (tertiary/aromatic N) is 1. The van der Waals surface area contributed by atoms with Crippen molar-refractivity contribution in [2.24, 2.45) is 0 Å². The Labute approximate surface area is 139 Å². The molecule has 2 aliphatic rings. The molecule has 4 rings (SSSR count). The van der Waals surface area contributed by atoms with Gasteiger partial charge in [-0.1, -0.05) is 36.4 Å². The summed E-state index contributed by atoms with van der Waals surface area (Å²) < 4.78 is 0. The molecule has 2 atom stereocenters. The van der Waals surface area contributed by atoms with E-state index < -0.39 is 6.04 Å². The highest BCUT2D eigenvalue weighted by atomic mass is 16.3. The zero-order valence-corrected chi connectivity index (χ0v) is 13.1. The number of phenols is 1. The Morgan fingerprint density at radius 3 is 2.79 bits per heavy atom. The third kappa shape index (κ3) is 2.42. The van der Waals surface area contributed by atoms with Gasteiger partial charge in [0.25, 0.3) is 0 Å². The van der Waals surface area contributed by atoms with Crippen LogP contribution in [-0.2, 0) is 22.4 Å². The van der Waals surface area contributed by atoms with Crippen molar-refractivity contribution in [1.82, 2.24) is 10.2 Å². The maximum absolute atomic E-state index is 12.5. The molecule has 0 aromatic heterocycles. The molecule has 0 spiro atoms. The molecular formula is C19H18N2O3. The van der Waals surface area contributed by atoms with Gasteiger partial charge in [0, 0.05) is 6.42 Å². The quantitative estimate of drug-likeness (QED) is 0.881. The minimum absolute atomic E-state index is 0.0496. The molecular weight excluding hydrogens is 304 g/mol. The molecule has 1 saturated heterocycles. The molecule has 2 aromatic carbocycles. The van der Waals surface area contributed by atoms with Gasteiger partial charge in [-0.3, -0.25) is 9.59 Å². The lowest BCUT2D eigenvalue weighted by atomic mass is 9.84. The van der Waals surface area contributed by atoms with Crippen molar-refractivity contribution in [2.75, 3.05) is 6.54 Å². The molecule has 2 amide bonds. The maximum Gasteiger partial charge on any atom is 0.243 e. The number of rotatable bonds is 2. The number of phenolic OH excluding ortho intramolecular Hbond substituents is 1. The minimum atomic E-state index is -0.455. The van der Waals surface area contributed by atoms with Crippen LogP contribution < -0.4 is 5.32 Å². The summed E-state index contributed by atoms with van der Waals surface area (Å²) in [6.45, 7) is 0.0496. The Bertz CT molecular complexity index is 818. The predicted octanol–water partition coefficient (Wildman–Crippen LogP) is 1.56. The summed E-state index contributed by atoms with van der Waals surface area (Å²) in [4.78, 5) is 26.5. The minimum Gasteiger partial charge on any atom is -0.508 e. The summed E-state index contributed by atoms with van der Waals surface area (Å²) >= 11 is 0. The van der Waals surface area contributed by atoms with E-state index in [9.17, 15) is 14.7 Å². The van der Waals surface area contributed by atoms with Crippen molar-refractivity contribution < 1.29 is 14.7 Å². The zero-order chi connectivity index (χ0) is 16.7. The number of piperazine rings is 1. The van der Waals surface area contributed by atoms with E-state index >= 15 is 0 Å². The van der Waals surface area contributed by atoms with Crippen LogP contribution in [0.25, 0.3) is 0 Å². The van der Waals surface area contributed by atoms with Crippen LogP contribution in [0.5, 0.6) is 5.75 Å². The molecule has 2 heterocycles. The number of fused-ring (bicyclic) bond motifs is 2. The lowest BCUT2D eigenvalue weighted by molar-refractivity contribution is -0.149. The molecule has 1 fully saturated rings. The van der Waals surface area contributed by atoms with E-state index in [0.29, 0.717) is 12.8 Å². The zero-order valence-electron chi connectivity index (χ0n) is 13.1. The van der Waals surface area contributed by atoms with Gasteiger partial charge < -0.3 is 15.3 Å². The van der Waals surface area contributed by atoms with Crippen molar-refractivity contribution >= 4 is 11.8 Å². The lowest BCUT2D eigenvalue weighted by Gasteiger charge is -2.45. The molecule has 0 saturated carbocycles. The number of nitrogens with one attached hydrogen (secondary N) is 1. The number of benzene rings is 2. The number of hydrogen-bond donors (Lipinski definition) is 2. The average molecular weight is 322 g/mol. The highest BCUT2D eigenvalue weighted by molar-refractivity contribution is 5.95. The topological polar surface area (TPSA) is 69.6 Å². The fourth-order valence-electron chi connectivity index (χ4n) is 3.77. The van der Waals surface area contributed by atoms with Crippen molar-refractivity contribution in [1.29, 1.82) is 0 Å². The molecule has 0 radical (unpaired) electrons. The third-order valence-corrected chi connectivity index (χ3v) is 4.84. The van der Waals surface area contributed by atoms with Crippen LogP contribution in [0.4, 0.5) is 0 Å². The van der Waals surface area contributed by atoms with Gasteiger partial charge in [0.1, 0.15) is 11.8 Å². The summed E-state index contributed by atoms with van der Waals surface area (Å²) in [5.74, 6) is 0.0557. The third-order valence-electron chi connectivity index (χ3n) is 4.84. The van der Waals surface area contributed by atoms with Crippen molar-refractivity contribution in [2.45, 2.75) is 24.9 Å². The normalized spacial score (nSPS) is 22.6. The Kier molecular flexibility index (Phi) is 3.49. The Morgan fingerprint density at radius 1 is 1.12 bits per heavy atom. The van der Waals surface area contributed by atoms with Crippen LogP contribution in [-0.4, -0.2) is 34.4 Å². The largest absolute Gasteiger partial charge is 0.508 e. The lowest BCUT2D eigenvalue weighted by Crippen LogP contribution is -2.61. The fraction of sp³-hybridized carbons (Fsp3) is 0.263. The monoisotopic (exact) mass is 322 g/mol. The number of aromatic hydroxyl groups is 1. The van der Waals surface area contributed by atoms with Gasteiger partial charge in [0.2, 0.25) is 11.8 Å². The summed E-state index contributed by atoms with van der Waals surface area (Å²) in [6.07, 6.45) is 1.12.